The van der Waals surface area contributed by atoms with Crippen LogP contribution < -0.4 is 0 Å². The summed E-state index contributed by atoms with van der Waals surface area (Å²) in [5.74, 6) is 0.153. The molecule has 0 saturated heterocycles. The number of rotatable bonds is 2. The number of benzene rings is 1. The molecular weight excluding hydrogens is 363 g/mol. The third-order valence-corrected chi connectivity index (χ3v) is 5.31. The number of furan rings is 1. The van der Waals surface area contributed by atoms with E-state index in [2.05, 4.69) is 15.0 Å². The number of fused-ring (bicyclic) bond motifs is 2. The van der Waals surface area contributed by atoms with Crippen LogP contribution in [0, 0.1) is 19.7 Å². The van der Waals surface area contributed by atoms with Gasteiger partial charge < -0.3 is 18.7 Å². The number of imidazole rings is 1. The topological polar surface area (TPSA) is 88.2 Å². The Bertz CT molecular complexity index is 1210. The first-order chi connectivity index (χ1) is 13.5. The first kappa shape index (κ1) is 16.7. The summed E-state index contributed by atoms with van der Waals surface area (Å²) in [4.78, 5) is 26.5. The summed E-state index contributed by atoms with van der Waals surface area (Å²) in [5.41, 5.74) is 3.55. The van der Waals surface area contributed by atoms with Crippen LogP contribution in [0.25, 0.3) is 11.0 Å². The number of amides is 1. The number of hydrogen-bond donors (Lipinski definition) is 1. The van der Waals surface area contributed by atoms with E-state index in [1.54, 1.807) is 24.2 Å². The summed E-state index contributed by atoms with van der Waals surface area (Å²) in [7, 11) is 0. The predicted molar refractivity (Wildman–Crippen MR) is 97.3 cm³/mol. The van der Waals surface area contributed by atoms with Gasteiger partial charge in [-0.2, -0.15) is 0 Å². The van der Waals surface area contributed by atoms with Gasteiger partial charge in [0.15, 0.2) is 6.39 Å². The van der Waals surface area contributed by atoms with E-state index in [4.69, 9.17) is 8.83 Å². The van der Waals surface area contributed by atoms with E-state index >= 15 is 0 Å². The number of hydrogen-bond acceptors (Lipinski definition) is 5. The fourth-order valence-electron chi connectivity index (χ4n) is 3.87. The van der Waals surface area contributed by atoms with E-state index in [9.17, 15) is 9.18 Å². The number of carbonyl (C=O) groups excluding carboxylic acids is 1. The summed E-state index contributed by atoms with van der Waals surface area (Å²) < 4.78 is 25.2. The normalized spacial score (nSPS) is 16.5. The molecule has 1 aliphatic rings. The molecule has 0 unspecified atom stereocenters. The first-order valence-electron chi connectivity index (χ1n) is 8.96. The van der Waals surface area contributed by atoms with Crippen LogP contribution in [-0.4, -0.2) is 32.3 Å². The molecule has 0 saturated carbocycles. The molecule has 0 bridgehead atoms. The Morgan fingerprint density at radius 3 is 2.96 bits per heavy atom. The number of H-pyrrole nitrogens is 1. The number of halogens is 1. The fourth-order valence-corrected chi connectivity index (χ4v) is 3.87. The van der Waals surface area contributed by atoms with Crippen LogP contribution in [-0.2, 0) is 6.42 Å². The lowest BCUT2D eigenvalue weighted by atomic mass is 9.97. The molecule has 0 aliphatic carbocycles. The van der Waals surface area contributed by atoms with Crippen molar-refractivity contribution >= 4 is 16.9 Å². The van der Waals surface area contributed by atoms with Crippen molar-refractivity contribution in [3.05, 3.63) is 70.9 Å². The minimum atomic E-state index is -0.539. The Morgan fingerprint density at radius 2 is 2.18 bits per heavy atom. The van der Waals surface area contributed by atoms with Gasteiger partial charge in [-0.25, -0.2) is 14.4 Å². The van der Waals surface area contributed by atoms with Crippen molar-refractivity contribution in [3.8, 4) is 0 Å². The van der Waals surface area contributed by atoms with Crippen LogP contribution >= 0.6 is 0 Å². The smallest absolute Gasteiger partial charge is 0.292 e. The molecule has 28 heavy (non-hydrogen) atoms. The van der Waals surface area contributed by atoms with Gasteiger partial charge in [0.25, 0.3) is 5.91 Å². The van der Waals surface area contributed by atoms with Gasteiger partial charge in [0, 0.05) is 29.6 Å². The Kier molecular flexibility index (Phi) is 3.61. The van der Waals surface area contributed by atoms with Crippen molar-refractivity contribution in [2.75, 3.05) is 6.54 Å². The lowest BCUT2D eigenvalue weighted by Crippen LogP contribution is -2.41. The zero-order chi connectivity index (χ0) is 19.4. The number of aryl methyl sites for hydroxylation is 2. The molecule has 4 heterocycles. The van der Waals surface area contributed by atoms with Crippen molar-refractivity contribution in [2.45, 2.75) is 26.3 Å². The van der Waals surface area contributed by atoms with Gasteiger partial charge >= 0.3 is 0 Å². The number of aromatic amines is 1. The van der Waals surface area contributed by atoms with Crippen LogP contribution in [0.15, 0.2) is 39.8 Å². The average molecular weight is 380 g/mol. The zero-order valence-corrected chi connectivity index (χ0v) is 15.3. The number of nitrogens with zero attached hydrogens (tertiary/aromatic N) is 3. The molecule has 1 atom stereocenters. The molecule has 5 rings (SSSR count). The monoisotopic (exact) mass is 380 g/mol. The van der Waals surface area contributed by atoms with Gasteiger partial charge in [-0.05, 0) is 32.0 Å². The molecule has 7 nitrogen and oxygen atoms in total. The Balaban J connectivity index is 1.69. The number of nitrogens with one attached hydrogen (secondary N) is 1. The molecule has 1 aromatic carbocycles. The maximum absolute atomic E-state index is 13.7. The van der Waals surface area contributed by atoms with Crippen molar-refractivity contribution < 1.29 is 18.0 Å². The summed E-state index contributed by atoms with van der Waals surface area (Å²) in [5, 5.41) is 0.681. The van der Waals surface area contributed by atoms with E-state index in [-0.39, 0.29) is 17.5 Å². The lowest BCUT2D eigenvalue weighted by molar-refractivity contribution is 0.0638. The average Bonchev–Trinajstić information content (AvgIpc) is 3.40. The van der Waals surface area contributed by atoms with Gasteiger partial charge in [0.05, 0.1) is 17.7 Å². The first-order valence-corrected chi connectivity index (χ1v) is 8.96. The highest BCUT2D eigenvalue weighted by Crippen LogP contribution is 2.39. The molecule has 0 spiro atoms. The van der Waals surface area contributed by atoms with Crippen LogP contribution in [0.2, 0.25) is 0 Å². The number of aromatic nitrogens is 3. The highest BCUT2D eigenvalue weighted by Gasteiger charge is 2.39. The third kappa shape index (κ3) is 2.37. The molecule has 0 radical (unpaired) electrons. The van der Waals surface area contributed by atoms with E-state index < -0.39 is 6.04 Å². The van der Waals surface area contributed by atoms with Gasteiger partial charge in [0.1, 0.15) is 23.2 Å². The Morgan fingerprint density at radius 1 is 1.32 bits per heavy atom. The van der Waals surface area contributed by atoms with Crippen LogP contribution in [0.3, 0.4) is 0 Å². The highest BCUT2D eigenvalue weighted by molar-refractivity contribution is 5.93. The predicted octanol–water partition coefficient (Wildman–Crippen LogP) is 3.69. The number of carbonyl (C=O) groups is 1. The minimum Gasteiger partial charge on any atom is -0.458 e. The van der Waals surface area contributed by atoms with Crippen molar-refractivity contribution in [1.29, 1.82) is 0 Å². The molecule has 0 fully saturated rings. The van der Waals surface area contributed by atoms with Crippen molar-refractivity contribution in [1.82, 2.24) is 19.9 Å². The van der Waals surface area contributed by atoms with Crippen LogP contribution in [0.4, 0.5) is 4.39 Å². The molecule has 8 heteroatoms. The maximum Gasteiger partial charge on any atom is 0.292 e. The molecule has 1 N–H and O–H groups in total. The van der Waals surface area contributed by atoms with Gasteiger partial charge in [0.2, 0.25) is 5.76 Å². The van der Waals surface area contributed by atoms with Crippen molar-refractivity contribution in [3.63, 3.8) is 0 Å². The van der Waals surface area contributed by atoms with E-state index in [1.165, 1.54) is 18.5 Å². The Hall–Kier alpha value is -3.42. The van der Waals surface area contributed by atoms with Gasteiger partial charge in [-0.15, -0.1) is 0 Å². The minimum absolute atomic E-state index is 0.198. The molecule has 1 amide bonds. The van der Waals surface area contributed by atoms with Crippen LogP contribution in [0.5, 0.6) is 0 Å². The molecule has 142 valence electrons. The Labute approximate surface area is 159 Å². The quantitative estimate of drug-likeness (QED) is 0.573. The molecule has 4 aromatic rings. The SMILES string of the molecule is Cc1ncoc1C(=O)N1CCc2[nH]cnc2[C@@H]1c1oc2ccc(F)cc2c1C. The third-order valence-electron chi connectivity index (χ3n) is 5.31. The van der Waals surface area contributed by atoms with E-state index in [1.807, 2.05) is 6.92 Å². The summed E-state index contributed by atoms with van der Waals surface area (Å²) in [6, 6.07) is 3.86. The van der Waals surface area contributed by atoms with Crippen molar-refractivity contribution in [2.24, 2.45) is 0 Å². The highest BCUT2D eigenvalue weighted by atomic mass is 19.1. The second kappa shape index (κ2) is 6.05. The molecule has 3 aromatic heterocycles. The molecule has 1 aliphatic heterocycles. The largest absolute Gasteiger partial charge is 0.458 e. The summed E-state index contributed by atoms with van der Waals surface area (Å²) in [6.45, 7) is 4.05. The fraction of sp³-hybridized carbons (Fsp3) is 0.250. The molecular formula is C20H17FN4O3. The summed E-state index contributed by atoms with van der Waals surface area (Å²) in [6.07, 6.45) is 3.51. The maximum atomic E-state index is 13.7. The van der Waals surface area contributed by atoms with E-state index in [0.29, 0.717) is 35.4 Å². The standard InChI is InChI=1S/C20H17FN4O3/c1-10-13-7-12(21)3-4-15(13)28-18(10)17-16-14(22-8-23-16)5-6-25(17)20(26)19-11(2)24-9-27-19/h3-4,7-9,17H,5-6H2,1-2H3,(H,22,23)/t17-/m1/s1. The van der Waals surface area contributed by atoms with Crippen LogP contribution in [0.1, 0.15) is 45.0 Å². The lowest BCUT2D eigenvalue weighted by Gasteiger charge is -2.33. The number of oxazole rings is 1. The second-order valence-electron chi connectivity index (χ2n) is 6.92. The summed E-state index contributed by atoms with van der Waals surface area (Å²) >= 11 is 0. The van der Waals surface area contributed by atoms with E-state index in [0.717, 1.165) is 17.0 Å². The second-order valence-corrected chi connectivity index (χ2v) is 6.92. The van der Waals surface area contributed by atoms with Gasteiger partial charge in [-0.3, -0.25) is 4.79 Å². The zero-order valence-electron chi connectivity index (χ0n) is 15.3. The van der Waals surface area contributed by atoms with Gasteiger partial charge in [-0.1, -0.05) is 0 Å².